The van der Waals surface area contributed by atoms with Crippen LogP contribution in [0.15, 0.2) is 53.7 Å². The largest absolute Gasteiger partial charge is 0.462 e. The Morgan fingerprint density at radius 3 is 2.46 bits per heavy atom. The number of nitro benzene ring substituents is 1. The molecule has 1 atom stereocenters. The average Bonchev–Trinajstić information content (AvgIpc) is 3.33. The predicted octanol–water partition coefficient (Wildman–Crippen LogP) is 4.24. The zero-order valence-electron chi connectivity index (χ0n) is 22.0. The number of hydrogen-bond acceptors (Lipinski definition) is 9. The van der Waals surface area contributed by atoms with Gasteiger partial charge in [0.1, 0.15) is 0 Å². The summed E-state index contributed by atoms with van der Waals surface area (Å²) in [7, 11) is 0. The van der Waals surface area contributed by atoms with Crippen LogP contribution in [0.25, 0.3) is 0 Å². The predicted molar refractivity (Wildman–Crippen MR) is 146 cm³/mol. The van der Waals surface area contributed by atoms with Gasteiger partial charge in [0, 0.05) is 29.9 Å². The van der Waals surface area contributed by atoms with Crippen molar-refractivity contribution in [2.75, 3.05) is 17.7 Å². The minimum Gasteiger partial charge on any atom is -0.462 e. The Kier molecular flexibility index (Phi) is 10.1. The molecule has 0 aliphatic rings. The van der Waals surface area contributed by atoms with Gasteiger partial charge in [-0.15, -0.1) is 10.2 Å². The van der Waals surface area contributed by atoms with E-state index in [2.05, 4.69) is 20.8 Å². The van der Waals surface area contributed by atoms with Gasteiger partial charge in [0.25, 0.3) is 11.6 Å². The summed E-state index contributed by atoms with van der Waals surface area (Å²) in [6.45, 7) is 8.19. The maximum atomic E-state index is 12.9. The summed E-state index contributed by atoms with van der Waals surface area (Å²) in [6, 6.07) is 11.5. The number of nitrogens with zero attached hydrogens (tertiary/aromatic N) is 4. The topological polar surface area (TPSA) is 158 Å². The number of nitro groups is 1. The maximum absolute atomic E-state index is 12.9. The van der Waals surface area contributed by atoms with Gasteiger partial charge in [-0.1, -0.05) is 37.7 Å². The highest BCUT2D eigenvalue weighted by atomic mass is 32.2. The van der Waals surface area contributed by atoms with Crippen molar-refractivity contribution >= 4 is 40.9 Å². The third-order valence-corrected chi connectivity index (χ3v) is 6.57. The van der Waals surface area contributed by atoms with Gasteiger partial charge in [-0.05, 0) is 44.0 Å². The Labute approximate surface area is 229 Å². The molecule has 0 spiro atoms. The average molecular weight is 555 g/mol. The molecule has 0 aliphatic carbocycles. The summed E-state index contributed by atoms with van der Waals surface area (Å²) < 4.78 is 6.81. The smallest absolute Gasteiger partial charge is 0.338 e. The fraction of sp³-hybridized carbons (Fsp3) is 0.346. The lowest BCUT2D eigenvalue weighted by Crippen LogP contribution is -2.33. The Balaban J connectivity index is 1.70. The molecule has 0 unspecified atom stereocenters. The quantitative estimate of drug-likeness (QED) is 0.144. The molecule has 13 heteroatoms. The number of non-ortho nitro benzene ring substituents is 1. The van der Waals surface area contributed by atoms with Crippen molar-refractivity contribution in [3.8, 4) is 0 Å². The summed E-state index contributed by atoms with van der Waals surface area (Å²) in [4.78, 5) is 48.0. The summed E-state index contributed by atoms with van der Waals surface area (Å²) in [6.07, 6.45) is 0. The molecule has 12 nitrogen and oxygen atoms in total. The lowest BCUT2D eigenvalue weighted by molar-refractivity contribution is -0.384. The molecule has 0 fully saturated rings. The van der Waals surface area contributed by atoms with Crippen molar-refractivity contribution in [2.45, 2.75) is 45.4 Å². The van der Waals surface area contributed by atoms with Crippen LogP contribution in [0.4, 0.5) is 11.4 Å². The van der Waals surface area contributed by atoms with Gasteiger partial charge >= 0.3 is 5.97 Å². The number of esters is 1. The molecule has 0 radical (unpaired) electrons. The second kappa shape index (κ2) is 13.5. The van der Waals surface area contributed by atoms with Crippen LogP contribution in [0, 0.1) is 16.0 Å². The number of carbonyl (C=O) groups is 3. The zero-order valence-corrected chi connectivity index (χ0v) is 22.9. The molecule has 0 aliphatic heterocycles. The van der Waals surface area contributed by atoms with E-state index in [-0.39, 0.29) is 35.4 Å². The monoisotopic (exact) mass is 554 g/mol. The third kappa shape index (κ3) is 7.63. The first-order chi connectivity index (χ1) is 18.6. The number of hydrogen-bond donors (Lipinski definition) is 2. The van der Waals surface area contributed by atoms with Crippen LogP contribution in [0.2, 0.25) is 0 Å². The maximum Gasteiger partial charge on any atom is 0.338 e. The lowest BCUT2D eigenvalue weighted by Gasteiger charge is -2.22. The molecular weight excluding hydrogens is 524 g/mol. The fourth-order valence-electron chi connectivity index (χ4n) is 3.71. The van der Waals surface area contributed by atoms with E-state index in [1.807, 2.05) is 25.3 Å². The second-order valence-electron chi connectivity index (χ2n) is 8.73. The minimum absolute atomic E-state index is 0.0359. The number of thioether (sulfide) groups is 1. The van der Waals surface area contributed by atoms with Gasteiger partial charge in [-0.3, -0.25) is 19.7 Å². The number of nitrogens with one attached hydrogen (secondary N) is 2. The zero-order chi connectivity index (χ0) is 28.5. The van der Waals surface area contributed by atoms with E-state index >= 15 is 0 Å². The number of carbonyl (C=O) groups excluding carboxylic acids is 3. The van der Waals surface area contributed by atoms with E-state index in [1.165, 1.54) is 36.0 Å². The number of anilines is 1. The molecule has 2 N–H and O–H groups in total. The lowest BCUT2D eigenvalue weighted by atomic mass is 10.0. The van der Waals surface area contributed by atoms with E-state index in [0.29, 0.717) is 28.8 Å². The first kappa shape index (κ1) is 29.3. The minimum atomic E-state index is -0.554. The van der Waals surface area contributed by atoms with E-state index in [4.69, 9.17) is 4.74 Å². The second-order valence-corrected chi connectivity index (χ2v) is 9.67. The van der Waals surface area contributed by atoms with E-state index in [9.17, 15) is 24.5 Å². The van der Waals surface area contributed by atoms with Gasteiger partial charge in [-0.25, -0.2) is 4.79 Å². The molecule has 0 saturated heterocycles. The number of aromatic nitrogens is 3. The molecule has 2 amide bonds. The van der Waals surface area contributed by atoms with Crippen molar-refractivity contribution in [1.82, 2.24) is 20.1 Å². The molecule has 0 saturated carbocycles. The van der Waals surface area contributed by atoms with E-state index in [1.54, 1.807) is 31.2 Å². The highest BCUT2D eigenvalue weighted by molar-refractivity contribution is 7.99. The van der Waals surface area contributed by atoms with Crippen LogP contribution in [-0.4, -0.2) is 49.8 Å². The van der Waals surface area contributed by atoms with Crippen LogP contribution in [0.1, 0.15) is 60.3 Å². The van der Waals surface area contributed by atoms with Crippen molar-refractivity contribution in [1.29, 1.82) is 0 Å². The first-order valence-electron chi connectivity index (χ1n) is 12.3. The summed E-state index contributed by atoms with van der Waals surface area (Å²) in [5, 5.41) is 25.8. The standard InChI is InChI=1S/C26H30N6O6S/c1-5-31-23(22(16(3)4)28-24(34)17-9-8-12-20(14-17)32(36)37)29-30-26(31)39-15-21(33)27-19-11-7-10-18(13-19)25(35)38-6-2/h7-14,16,22H,5-6,15H2,1-4H3,(H,27,33)(H,28,34)/t22-/m1/s1. The van der Waals surface area contributed by atoms with Crippen LogP contribution >= 0.6 is 11.8 Å². The summed E-state index contributed by atoms with van der Waals surface area (Å²) in [5.74, 6) is -0.766. The molecule has 206 valence electrons. The highest BCUT2D eigenvalue weighted by Crippen LogP contribution is 2.26. The van der Waals surface area contributed by atoms with Gasteiger partial charge in [-0.2, -0.15) is 0 Å². The number of amides is 2. The third-order valence-electron chi connectivity index (χ3n) is 5.60. The summed E-state index contributed by atoms with van der Waals surface area (Å²) in [5.41, 5.74) is 0.790. The van der Waals surface area contributed by atoms with Crippen molar-refractivity contribution in [2.24, 2.45) is 5.92 Å². The van der Waals surface area contributed by atoms with Gasteiger partial charge < -0.3 is 19.9 Å². The van der Waals surface area contributed by atoms with Gasteiger partial charge in [0.05, 0.1) is 28.9 Å². The Morgan fingerprint density at radius 2 is 1.79 bits per heavy atom. The molecule has 0 bridgehead atoms. The Bertz CT molecular complexity index is 1360. The van der Waals surface area contributed by atoms with Crippen molar-refractivity contribution in [3.05, 3.63) is 75.6 Å². The van der Waals surface area contributed by atoms with Crippen molar-refractivity contribution in [3.63, 3.8) is 0 Å². The van der Waals surface area contributed by atoms with Crippen LogP contribution in [0.5, 0.6) is 0 Å². The first-order valence-corrected chi connectivity index (χ1v) is 13.3. The Hall–Kier alpha value is -4.26. The SMILES string of the molecule is CCOC(=O)c1cccc(NC(=O)CSc2nnc([C@H](NC(=O)c3cccc([N+](=O)[O-])c3)C(C)C)n2CC)c1. The normalized spacial score (nSPS) is 11.6. The van der Waals surface area contributed by atoms with Gasteiger partial charge in [0.15, 0.2) is 11.0 Å². The number of ether oxygens (including phenoxy) is 1. The molecule has 3 rings (SSSR count). The highest BCUT2D eigenvalue weighted by Gasteiger charge is 2.27. The van der Waals surface area contributed by atoms with Crippen LogP contribution in [-0.2, 0) is 16.1 Å². The molecular formula is C26H30N6O6S. The van der Waals surface area contributed by atoms with Crippen molar-refractivity contribution < 1.29 is 24.0 Å². The summed E-state index contributed by atoms with van der Waals surface area (Å²) >= 11 is 1.19. The van der Waals surface area contributed by atoms with Crippen LogP contribution < -0.4 is 10.6 Å². The molecule has 2 aromatic carbocycles. The molecule has 1 heterocycles. The molecule has 39 heavy (non-hydrogen) atoms. The molecule has 1 aromatic heterocycles. The van der Waals surface area contributed by atoms with Crippen LogP contribution in [0.3, 0.4) is 0 Å². The number of benzene rings is 2. The van der Waals surface area contributed by atoms with E-state index < -0.39 is 22.8 Å². The Morgan fingerprint density at radius 1 is 1.08 bits per heavy atom. The number of rotatable bonds is 12. The fourth-order valence-corrected chi connectivity index (χ4v) is 4.52. The molecule has 3 aromatic rings. The van der Waals surface area contributed by atoms with Gasteiger partial charge in [0.2, 0.25) is 5.91 Å². The van der Waals surface area contributed by atoms with E-state index in [0.717, 1.165) is 0 Å².